The van der Waals surface area contributed by atoms with E-state index < -0.39 is 0 Å². The Hall–Kier alpha value is -2.44. The molecule has 34 heavy (non-hydrogen) atoms. The van der Waals surface area contributed by atoms with E-state index in [1.54, 1.807) is 12.1 Å². The minimum atomic E-state index is -0.222. The maximum absolute atomic E-state index is 13.3. The molecule has 7 heteroatoms. The van der Waals surface area contributed by atoms with Gasteiger partial charge in [-0.3, -0.25) is 0 Å². The molecule has 3 N–H and O–H groups in total. The largest absolute Gasteiger partial charge is 0.354 e. The van der Waals surface area contributed by atoms with Crippen molar-refractivity contribution in [1.82, 2.24) is 15.0 Å². The van der Waals surface area contributed by atoms with E-state index in [0.29, 0.717) is 30.3 Å². The van der Waals surface area contributed by atoms with E-state index in [4.69, 9.17) is 9.97 Å². The fraction of sp³-hybridized carbons (Fsp3) is 0.667. The summed E-state index contributed by atoms with van der Waals surface area (Å²) in [7, 11) is 0. The van der Waals surface area contributed by atoms with Gasteiger partial charge in [0.15, 0.2) is 0 Å². The number of nitrogens with one attached hydrogen (secondary N) is 3. The van der Waals surface area contributed by atoms with Gasteiger partial charge in [0.25, 0.3) is 0 Å². The molecule has 0 spiro atoms. The average Bonchev–Trinajstić information content (AvgIpc) is 2.82. The van der Waals surface area contributed by atoms with Crippen LogP contribution in [0.4, 0.5) is 22.2 Å². The molecule has 5 fully saturated rings. The number of hydrogen-bond donors (Lipinski definition) is 3. The number of hydrogen-bond acceptors (Lipinski definition) is 6. The van der Waals surface area contributed by atoms with Crippen LogP contribution in [0.3, 0.4) is 0 Å². The van der Waals surface area contributed by atoms with Gasteiger partial charge < -0.3 is 16.0 Å². The van der Waals surface area contributed by atoms with Crippen LogP contribution in [0.5, 0.6) is 0 Å². The smallest absolute Gasteiger partial charge is 0.229 e. The molecular weight excluding hydrogens is 427 g/mol. The molecule has 1 aromatic carbocycles. The summed E-state index contributed by atoms with van der Waals surface area (Å²) in [5.41, 5.74) is 1.14. The molecule has 1 aromatic heterocycles. The quantitative estimate of drug-likeness (QED) is 0.445. The van der Waals surface area contributed by atoms with E-state index in [0.717, 1.165) is 29.9 Å². The van der Waals surface area contributed by atoms with Gasteiger partial charge >= 0.3 is 0 Å². The van der Waals surface area contributed by atoms with Gasteiger partial charge in [0.2, 0.25) is 17.8 Å². The zero-order valence-electron chi connectivity index (χ0n) is 20.0. The molecule has 182 valence electrons. The lowest BCUT2D eigenvalue weighted by Gasteiger charge is -2.56. The third-order valence-electron chi connectivity index (χ3n) is 8.69. The average molecular weight is 465 g/mol. The Labute approximate surface area is 202 Å². The predicted molar refractivity (Wildman–Crippen MR) is 133 cm³/mol. The fourth-order valence-corrected chi connectivity index (χ4v) is 7.50. The molecule has 0 unspecified atom stereocenters. The molecule has 0 radical (unpaired) electrons. The van der Waals surface area contributed by atoms with Gasteiger partial charge in [0.1, 0.15) is 5.82 Å². The Morgan fingerprint density at radius 2 is 1.35 bits per heavy atom. The number of anilines is 3. The van der Waals surface area contributed by atoms with Crippen molar-refractivity contribution >= 4 is 17.8 Å². The second kappa shape index (κ2) is 9.31. The first-order valence-electron chi connectivity index (χ1n) is 13.4. The number of aromatic nitrogens is 3. The van der Waals surface area contributed by atoms with E-state index in [1.165, 1.54) is 82.8 Å². The van der Waals surface area contributed by atoms with Gasteiger partial charge in [-0.1, -0.05) is 31.4 Å². The summed E-state index contributed by atoms with van der Waals surface area (Å²) in [6.07, 6.45) is 14.6. The lowest BCUT2D eigenvalue weighted by atomic mass is 9.53. The van der Waals surface area contributed by atoms with Crippen LogP contribution in [-0.4, -0.2) is 27.0 Å². The van der Waals surface area contributed by atoms with Gasteiger partial charge in [0.05, 0.1) is 0 Å². The number of halogens is 1. The minimum absolute atomic E-state index is 0.144. The van der Waals surface area contributed by atoms with Crippen molar-refractivity contribution in [1.29, 1.82) is 0 Å². The second-order valence-electron chi connectivity index (χ2n) is 11.5. The Morgan fingerprint density at radius 1 is 0.765 bits per heavy atom. The van der Waals surface area contributed by atoms with Gasteiger partial charge in [0, 0.05) is 18.6 Å². The third kappa shape index (κ3) is 4.98. The van der Waals surface area contributed by atoms with E-state index in [2.05, 4.69) is 20.9 Å². The van der Waals surface area contributed by atoms with E-state index in [1.807, 2.05) is 0 Å². The van der Waals surface area contributed by atoms with Crippen molar-refractivity contribution in [3.63, 3.8) is 0 Å². The van der Waals surface area contributed by atoms with Crippen molar-refractivity contribution in [3.05, 3.63) is 35.6 Å². The lowest BCUT2D eigenvalue weighted by Crippen LogP contribution is -2.55. The highest BCUT2D eigenvalue weighted by Crippen LogP contribution is 2.56. The van der Waals surface area contributed by atoms with Gasteiger partial charge in [-0.2, -0.15) is 15.0 Å². The van der Waals surface area contributed by atoms with Crippen LogP contribution >= 0.6 is 0 Å². The van der Waals surface area contributed by atoms with Crippen LogP contribution in [0.15, 0.2) is 24.3 Å². The molecule has 5 aliphatic rings. The SMILES string of the molecule is Fc1ccc(CNc2nc(NCC3CCCCC3)nc(NC34CC5CC(CC(C5)C3)C4)n2)cc1. The van der Waals surface area contributed by atoms with Crippen LogP contribution < -0.4 is 16.0 Å². The molecule has 5 aliphatic carbocycles. The van der Waals surface area contributed by atoms with Crippen LogP contribution in [0.2, 0.25) is 0 Å². The molecule has 6 nitrogen and oxygen atoms in total. The highest BCUT2D eigenvalue weighted by molar-refractivity contribution is 5.44. The summed E-state index contributed by atoms with van der Waals surface area (Å²) < 4.78 is 13.3. The van der Waals surface area contributed by atoms with E-state index >= 15 is 0 Å². The maximum Gasteiger partial charge on any atom is 0.229 e. The summed E-state index contributed by atoms with van der Waals surface area (Å²) in [5, 5.41) is 10.7. The predicted octanol–water partition coefficient (Wildman–Crippen LogP) is 6.00. The summed E-state index contributed by atoms with van der Waals surface area (Å²) >= 11 is 0. The van der Waals surface area contributed by atoms with Crippen molar-refractivity contribution in [2.45, 2.75) is 82.7 Å². The lowest BCUT2D eigenvalue weighted by molar-refractivity contribution is 0.0103. The standard InChI is InChI=1S/C27H37FN6/c28-23-8-6-19(7-9-23)17-30-25-31-24(29-16-18-4-2-1-3-5-18)32-26(33-25)34-27-13-20-10-21(14-27)12-22(11-20)15-27/h6-9,18,20-22H,1-5,10-17H2,(H3,29,30,31,32,33,34). The van der Waals surface area contributed by atoms with Gasteiger partial charge in [-0.05, 0) is 92.7 Å². The number of rotatable bonds is 8. The summed E-state index contributed by atoms with van der Waals surface area (Å²) in [4.78, 5) is 14.3. The zero-order valence-corrected chi connectivity index (χ0v) is 20.0. The zero-order chi connectivity index (χ0) is 23.0. The molecule has 7 rings (SSSR count). The first-order chi connectivity index (χ1) is 16.6. The monoisotopic (exact) mass is 464 g/mol. The van der Waals surface area contributed by atoms with E-state index in [9.17, 15) is 4.39 Å². The molecule has 0 amide bonds. The van der Waals surface area contributed by atoms with Crippen LogP contribution in [0, 0.1) is 29.5 Å². The van der Waals surface area contributed by atoms with Crippen molar-refractivity contribution < 1.29 is 4.39 Å². The van der Waals surface area contributed by atoms with E-state index in [-0.39, 0.29) is 11.4 Å². The first-order valence-corrected chi connectivity index (χ1v) is 13.4. The first kappa shape index (κ1) is 22.1. The Kier molecular flexibility index (Phi) is 6.04. The molecule has 0 aliphatic heterocycles. The number of benzene rings is 1. The Bertz CT molecular complexity index is 952. The van der Waals surface area contributed by atoms with Crippen LogP contribution in [0.1, 0.15) is 76.2 Å². The molecule has 0 saturated heterocycles. The second-order valence-corrected chi connectivity index (χ2v) is 11.5. The molecule has 5 saturated carbocycles. The fourth-order valence-electron chi connectivity index (χ4n) is 7.50. The summed E-state index contributed by atoms with van der Waals surface area (Å²) in [6.45, 7) is 1.46. The topological polar surface area (TPSA) is 74.8 Å². The van der Waals surface area contributed by atoms with Crippen LogP contribution in [0.25, 0.3) is 0 Å². The minimum Gasteiger partial charge on any atom is -0.354 e. The molecule has 4 bridgehead atoms. The highest BCUT2D eigenvalue weighted by atomic mass is 19.1. The summed E-state index contributed by atoms with van der Waals surface area (Å²) in [6, 6.07) is 6.56. The molecular formula is C27H37FN6. The Balaban J connectivity index is 1.20. The maximum atomic E-state index is 13.3. The van der Waals surface area contributed by atoms with Crippen LogP contribution in [-0.2, 0) is 6.54 Å². The summed E-state index contributed by atoms with van der Waals surface area (Å²) in [5.74, 6) is 4.96. The molecule has 0 atom stereocenters. The van der Waals surface area contributed by atoms with Crippen molar-refractivity contribution in [2.24, 2.45) is 23.7 Å². The van der Waals surface area contributed by atoms with Gasteiger partial charge in [-0.25, -0.2) is 4.39 Å². The highest BCUT2D eigenvalue weighted by Gasteiger charge is 2.51. The third-order valence-corrected chi connectivity index (χ3v) is 8.69. The number of nitrogens with zero attached hydrogens (tertiary/aromatic N) is 3. The Morgan fingerprint density at radius 3 is 2.00 bits per heavy atom. The van der Waals surface area contributed by atoms with Crippen molar-refractivity contribution in [3.8, 4) is 0 Å². The van der Waals surface area contributed by atoms with Crippen molar-refractivity contribution in [2.75, 3.05) is 22.5 Å². The molecule has 2 aromatic rings. The molecule has 1 heterocycles. The van der Waals surface area contributed by atoms with Gasteiger partial charge in [-0.15, -0.1) is 0 Å². The normalized spacial score (nSPS) is 30.3.